The van der Waals surface area contributed by atoms with Crippen LogP contribution in [0.15, 0.2) is 47.1 Å². The molecule has 4 aliphatic carbocycles. The number of nitrogens with zero attached hydrogens (tertiary/aromatic N) is 1. The number of hydrogen-bond donors (Lipinski definition) is 0. The summed E-state index contributed by atoms with van der Waals surface area (Å²) in [5, 5.41) is 0. The average molecular weight is 428 g/mol. The van der Waals surface area contributed by atoms with Gasteiger partial charge in [-0.1, -0.05) is 23.6 Å². The van der Waals surface area contributed by atoms with E-state index in [4.69, 9.17) is 4.74 Å². The second kappa shape index (κ2) is 7.09. The maximum atomic E-state index is 12.2. The quantitative estimate of drug-likeness (QED) is 0.590. The largest absolute Gasteiger partial charge is 0.378 e. The Bertz CT molecular complexity index is 1100. The number of rotatable bonds is 2. The van der Waals surface area contributed by atoms with E-state index in [1.165, 1.54) is 35.2 Å². The Labute approximate surface area is 191 Å². The fourth-order valence-corrected chi connectivity index (χ4v) is 7.85. The van der Waals surface area contributed by atoms with E-state index in [0.717, 1.165) is 32.3 Å². The van der Waals surface area contributed by atoms with Crippen molar-refractivity contribution in [2.24, 2.45) is 17.3 Å². The van der Waals surface area contributed by atoms with Crippen molar-refractivity contribution in [3.63, 3.8) is 0 Å². The number of benzene rings is 1. The van der Waals surface area contributed by atoms with E-state index in [0.29, 0.717) is 30.0 Å². The second-order valence-corrected chi connectivity index (χ2v) is 10.7. The molecule has 2 saturated carbocycles. The molecular formula is C29H33NO2. The molecule has 32 heavy (non-hydrogen) atoms. The normalized spacial score (nSPS) is 37.2. The van der Waals surface area contributed by atoms with Gasteiger partial charge in [-0.2, -0.15) is 0 Å². The minimum Gasteiger partial charge on any atom is -0.378 e. The first-order valence-electron chi connectivity index (χ1n) is 12.3. The van der Waals surface area contributed by atoms with Gasteiger partial charge in [-0.05, 0) is 92.2 Å². The number of ether oxygens (including phenoxy) is 1. The lowest BCUT2D eigenvalue weighted by atomic mass is 9.49. The molecule has 5 aliphatic rings. The van der Waals surface area contributed by atoms with E-state index >= 15 is 0 Å². The van der Waals surface area contributed by atoms with Crippen LogP contribution in [-0.2, 0) is 9.53 Å². The van der Waals surface area contributed by atoms with Crippen molar-refractivity contribution in [2.75, 3.05) is 25.6 Å². The summed E-state index contributed by atoms with van der Waals surface area (Å²) in [6.07, 6.45) is 9.22. The highest BCUT2D eigenvalue weighted by molar-refractivity contribution is 5.93. The van der Waals surface area contributed by atoms with Crippen LogP contribution in [0, 0.1) is 29.1 Å². The summed E-state index contributed by atoms with van der Waals surface area (Å²) in [4.78, 5) is 14.4. The molecule has 5 atom stereocenters. The van der Waals surface area contributed by atoms with Gasteiger partial charge in [0.25, 0.3) is 0 Å². The number of carbonyl (C=O) groups excluding carboxylic acids is 1. The fraction of sp³-hybridized carbons (Fsp3) is 0.552. The van der Waals surface area contributed by atoms with Crippen molar-refractivity contribution in [2.45, 2.75) is 63.4 Å². The zero-order valence-corrected chi connectivity index (χ0v) is 19.5. The standard InChI is InChI=1S/C29H33NO2/c1-4-14-29-15-13-26-24-11-7-20-16-22(31)10-12-23(20)27(24)25(17-28(26,29)18-32-29)19-5-8-21(9-6-19)30(2)3/h5-6,8-9,16,24-26H,7,10-13,15,17-18H2,1-3H3/t24-,25+,26-,28+,29-/m0/s1. The minimum absolute atomic E-state index is 0.182. The van der Waals surface area contributed by atoms with Gasteiger partial charge in [0.05, 0.1) is 6.61 Å². The van der Waals surface area contributed by atoms with Crippen molar-refractivity contribution in [3.8, 4) is 11.8 Å². The van der Waals surface area contributed by atoms with Crippen molar-refractivity contribution in [1.82, 2.24) is 0 Å². The summed E-state index contributed by atoms with van der Waals surface area (Å²) in [5.41, 5.74) is 7.13. The van der Waals surface area contributed by atoms with Gasteiger partial charge in [-0.3, -0.25) is 4.79 Å². The molecule has 0 N–H and O–H groups in total. The summed E-state index contributed by atoms with van der Waals surface area (Å²) in [7, 11) is 4.19. The molecule has 1 spiro atoms. The van der Waals surface area contributed by atoms with Gasteiger partial charge in [-0.15, -0.1) is 5.92 Å². The molecule has 3 heteroatoms. The summed E-state index contributed by atoms with van der Waals surface area (Å²) >= 11 is 0. The molecular weight excluding hydrogens is 394 g/mol. The lowest BCUT2D eigenvalue weighted by Crippen LogP contribution is -2.64. The van der Waals surface area contributed by atoms with E-state index in [1.807, 2.05) is 13.0 Å². The molecule has 3 nitrogen and oxygen atoms in total. The van der Waals surface area contributed by atoms with Crippen molar-refractivity contribution in [1.29, 1.82) is 0 Å². The lowest BCUT2D eigenvalue weighted by Gasteiger charge is -2.61. The van der Waals surface area contributed by atoms with Crippen molar-refractivity contribution >= 4 is 11.5 Å². The molecule has 6 rings (SSSR count). The van der Waals surface area contributed by atoms with Crippen LogP contribution in [0.4, 0.5) is 5.69 Å². The minimum atomic E-state index is -0.233. The molecule has 0 amide bonds. The maximum Gasteiger partial charge on any atom is 0.156 e. The van der Waals surface area contributed by atoms with E-state index < -0.39 is 0 Å². The molecule has 1 saturated heterocycles. The van der Waals surface area contributed by atoms with Gasteiger partial charge >= 0.3 is 0 Å². The lowest BCUT2D eigenvalue weighted by molar-refractivity contribution is -0.245. The Balaban J connectivity index is 1.51. The summed E-state index contributed by atoms with van der Waals surface area (Å²) in [5.74, 6) is 8.75. The highest BCUT2D eigenvalue weighted by Gasteiger charge is 2.71. The monoisotopic (exact) mass is 427 g/mol. The third-order valence-corrected chi connectivity index (χ3v) is 9.28. The van der Waals surface area contributed by atoms with Crippen molar-refractivity contribution < 1.29 is 9.53 Å². The smallest absolute Gasteiger partial charge is 0.156 e. The Hall–Kier alpha value is -2.31. The average Bonchev–Trinajstić information content (AvgIpc) is 3.00. The van der Waals surface area contributed by atoms with E-state index in [1.54, 1.807) is 5.57 Å². The molecule has 0 unspecified atom stereocenters. The van der Waals surface area contributed by atoms with Gasteiger partial charge in [0.1, 0.15) is 5.60 Å². The number of allylic oxidation sites excluding steroid dienone is 4. The van der Waals surface area contributed by atoms with E-state index in [-0.39, 0.29) is 11.0 Å². The van der Waals surface area contributed by atoms with Crippen molar-refractivity contribution in [3.05, 3.63) is 52.6 Å². The number of fused-ring (bicyclic) bond motifs is 3. The number of hydrogen-bond acceptors (Lipinski definition) is 3. The van der Waals surface area contributed by atoms with Gasteiger partial charge < -0.3 is 9.64 Å². The number of carbonyl (C=O) groups is 1. The first-order valence-corrected chi connectivity index (χ1v) is 12.3. The highest BCUT2D eigenvalue weighted by atomic mass is 16.5. The van der Waals surface area contributed by atoms with Gasteiger partial charge in [0.2, 0.25) is 0 Å². The summed E-state index contributed by atoms with van der Waals surface area (Å²) in [6.45, 7) is 2.82. The maximum absolute atomic E-state index is 12.2. The first kappa shape index (κ1) is 20.3. The topological polar surface area (TPSA) is 29.5 Å². The molecule has 1 aromatic carbocycles. The molecule has 0 radical (unpaired) electrons. The zero-order valence-electron chi connectivity index (χ0n) is 19.5. The third kappa shape index (κ3) is 2.62. The highest BCUT2D eigenvalue weighted by Crippen LogP contribution is 2.71. The van der Waals surface area contributed by atoms with Crippen LogP contribution in [0.25, 0.3) is 0 Å². The van der Waals surface area contributed by atoms with Crippen LogP contribution in [0.5, 0.6) is 0 Å². The molecule has 1 aliphatic heterocycles. The molecule has 3 fully saturated rings. The Morgan fingerprint density at radius 1 is 1.09 bits per heavy atom. The molecule has 1 heterocycles. The predicted molar refractivity (Wildman–Crippen MR) is 127 cm³/mol. The molecule has 1 aromatic rings. The van der Waals surface area contributed by atoms with E-state index in [2.05, 4.69) is 55.1 Å². The molecule has 0 aromatic heterocycles. The van der Waals surface area contributed by atoms with Gasteiger partial charge in [0, 0.05) is 37.5 Å². The van der Waals surface area contributed by atoms with E-state index in [9.17, 15) is 4.79 Å². The fourth-order valence-electron chi connectivity index (χ4n) is 7.85. The Morgan fingerprint density at radius 2 is 1.91 bits per heavy atom. The SMILES string of the molecule is CC#C[C@]12CC[C@H]3[C@@H]4CCC5=CC(=O)CCC5=C4[C@@H](c4ccc(N(C)C)cc4)C[C@@]31CO2. The van der Waals surface area contributed by atoms with Gasteiger partial charge in [0.15, 0.2) is 5.78 Å². The van der Waals surface area contributed by atoms with Crippen LogP contribution in [0.1, 0.15) is 63.4 Å². The molecule has 0 bridgehead atoms. The zero-order chi connectivity index (χ0) is 22.1. The predicted octanol–water partition coefficient (Wildman–Crippen LogP) is 5.42. The Kier molecular flexibility index (Phi) is 4.50. The van der Waals surface area contributed by atoms with Crippen LogP contribution >= 0.6 is 0 Å². The van der Waals surface area contributed by atoms with Gasteiger partial charge in [-0.25, -0.2) is 0 Å². The van der Waals surface area contributed by atoms with Crippen LogP contribution in [0.2, 0.25) is 0 Å². The third-order valence-electron chi connectivity index (χ3n) is 9.28. The molecule has 166 valence electrons. The number of anilines is 1. The Morgan fingerprint density at radius 3 is 2.59 bits per heavy atom. The van der Waals surface area contributed by atoms with Crippen LogP contribution in [0.3, 0.4) is 0 Å². The van der Waals surface area contributed by atoms with Crippen LogP contribution in [-0.4, -0.2) is 32.1 Å². The number of ketones is 1. The first-order chi connectivity index (χ1) is 15.5. The summed E-state index contributed by atoms with van der Waals surface area (Å²) < 4.78 is 6.33. The van der Waals surface area contributed by atoms with Crippen LogP contribution < -0.4 is 4.90 Å². The second-order valence-electron chi connectivity index (χ2n) is 10.7. The summed E-state index contributed by atoms with van der Waals surface area (Å²) in [6, 6.07) is 9.20.